The Labute approximate surface area is 126 Å². The van der Waals surface area contributed by atoms with Crippen LogP contribution in [0.25, 0.3) is 0 Å². The van der Waals surface area contributed by atoms with Crippen molar-refractivity contribution < 1.29 is 9.53 Å². The maximum absolute atomic E-state index is 11.3. The number of rotatable bonds is 9. The van der Waals surface area contributed by atoms with Crippen LogP contribution in [0.2, 0.25) is 0 Å². The number of amides is 1. The molecule has 0 aliphatic heterocycles. The topological polar surface area (TPSA) is 85.4 Å². The van der Waals surface area contributed by atoms with Crippen LogP contribution in [0.5, 0.6) is 0 Å². The predicted molar refractivity (Wildman–Crippen MR) is 83.2 cm³/mol. The van der Waals surface area contributed by atoms with Crippen LogP contribution >= 0.6 is 0 Å². The van der Waals surface area contributed by atoms with Gasteiger partial charge in [-0.15, -0.1) is 0 Å². The molecular weight excluding hydrogens is 270 g/mol. The van der Waals surface area contributed by atoms with E-state index in [4.69, 9.17) is 10.5 Å². The van der Waals surface area contributed by atoms with E-state index in [1.54, 1.807) is 7.11 Å². The Morgan fingerprint density at radius 3 is 2.71 bits per heavy atom. The maximum Gasteiger partial charge on any atom is 0.237 e. The molecule has 1 aromatic heterocycles. The summed E-state index contributed by atoms with van der Waals surface area (Å²) in [5.74, 6) is 0.590. The molecule has 0 spiro atoms. The molecule has 0 saturated heterocycles. The van der Waals surface area contributed by atoms with E-state index in [1.165, 1.54) is 0 Å². The molecule has 0 saturated carbocycles. The van der Waals surface area contributed by atoms with Crippen LogP contribution in [0.15, 0.2) is 0 Å². The van der Waals surface area contributed by atoms with Crippen molar-refractivity contribution in [2.45, 2.75) is 33.4 Å². The third-order valence-electron chi connectivity index (χ3n) is 3.32. The van der Waals surface area contributed by atoms with Gasteiger partial charge in [-0.05, 0) is 20.8 Å². The summed E-state index contributed by atoms with van der Waals surface area (Å²) in [5, 5.41) is 7.80. The van der Waals surface area contributed by atoms with Gasteiger partial charge < -0.3 is 20.7 Å². The summed E-state index contributed by atoms with van der Waals surface area (Å²) in [6, 6.07) is 0.157. The number of methoxy groups -OCH3 is 1. The van der Waals surface area contributed by atoms with Gasteiger partial charge in [0.2, 0.25) is 5.91 Å². The van der Waals surface area contributed by atoms with E-state index in [9.17, 15) is 4.79 Å². The number of anilines is 1. The molecule has 0 atom stereocenters. The minimum atomic E-state index is -0.346. The summed E-state index contributed by atoms with van der Waals surface area (Å²) in [4.78, 5) is 13.3. The molecule has 0 bridgehead atoms. The fraction of sp³-hybridized carbons (Fsp3) is 0.714. The lowest BCUT2D eigenvalue weighted by Crippen LogP contribution is -2.40. The highest BCUT2D eigenvalue weighted by Crippen LogP contribution is 2.24. The van der Waals surface area contributed by atoms with E-state index in [0.29, 0.717) is 13.2 Å². The highest BCUT2D eigenvalue weighted by atomic mass is 16.5. The van der Waals surface area contributed by atoms with Crippen molar-refractivity contribution in [2.75, 3.05) is 31.7 Å². The van der Waals surface area contributed by atoms with Gasteiger partial charge >= 0.3 is 0 Å². The molecule has 1 rings (SSSR count). The summed E-state index contributed by atoms with van der Waals surface area (Å²) >= 11 is 0. The lowest BCUT2D eigenvalue weighted by atomic mass is 10.2. The first-order valence-corrected chi connectivity index (χ1v) is 7.15. The summed E-state index contributed by atoms with van der Waals surface area (Å²) in [6.45, 7) is 8.33. The van der Waals surface area contributed by atoms with Crippen LogP contribution in [0.4, 0.5) is 5.82 Å². The zero-order valence-electron chi connectivity index (χ0n) is 13.6. The number of carbonyl (C=O) groups excluding carboxylic acids is 1. The van der Waals surface area contributed by atoms with Gasteiger partial charge in [0.15, 0.2) is 0 Å². The van der Waals surface area contributed by atoms with Crippen LogP contribution < -0.4 is 16.0 Å². The fourth-order valence-corrected chi connectivity index (χ4v) is 2.31. The molecule has 7 heteroatoms. The second-order valence-corrected chi connectivity index (χ2v) is 5.37. The smallest absolute Gasteiger partial charge is 0.237 e. The lowest BCUT2D eigenvalue weighted by Gasteiger charge is -2.28. The van der Waals surface area contributed by atoms with E-state index in [0.717, 1.165) is 23.6 Å². The Morgan fingerprint density at radius 2 is 2.19 bits per heavy atom. The molecule has 0 aliphatic rings. The van der Waals surface area contributed by atoms with E-state index in [2.05, 4.69) is 10.4 Å². The van der Waals surface area contributed by atoms with Crippen molar-refractivity contribution in [2.24, 2.45) is 12.8 Å². The Bertz CT molecular complexity index is 470. The molecule has 21 heavy (non-hydrogen) atoms. The Hall–Kier alpha value is -1.60. The lowest BCUT2D eigenvalue weighted by molar-refractivity contribution is -0.116. The first-order chi connectivity index (χ1) is 9.88. The summed E-state index contributed by atoms with van der Waals surface area (Å²) in [7, 11) is 3.56. The van der Waals surface area contributed by atoms with Gasteiger partial charge in [0, 0.05) is 38.9 Å². The van der Waals surface area contributed by atoms with Crippen molar-refractivity contribution in [3.05, 3.63) is 11.3 Å². The van der Waals surface area contributed by atoms with E-state index in [-0.39, 0.29) is 18.5 Å². The number of carbonyl (C=O) groups is 1. The number of hydrogen-bond donors (Lipinski definition) is 2. The number of nitrogens with zero attached hydrogens (tertiary/aromatic N) is 3. The number of primary amides is 1. The van der Waals surface area contributed by atoms with Crippen molar-refractivity contribution in [3.8, 4) is 0 Å². The van der Waals surface area contributed by atoms with Crippen molar-refractivity contribution in [3.63, 3.8) is 0 Å². The van der Waals surface area contributed by atoms with E-state index < -0.39 is 0 Å². The third kappa shape index (κ3) is 4.71. The summed E-state index contributed by atoms with van der Waals surface area (Å²) in [6.07, 6.45) is 0. The van der Waals surface area contributed by atoms with Crippen molar-refractivity contribution >= 4 is 11.7 Å². The zero-order valence-corrected chi connectivity index (χ0v) is 13.6. The summed E-state index contributed by atoms with van der Waals surface area (Å²) in [5.41, 5.74) is 7.41. The molecular formula is C14H27N5O2. The van der Waals surface area contributed by atoms with Crippen molar-refractivity contribution in [1.29, 1.82) is 0 Å². The average Bonchev–Trinajstić information content (AvgIpc) is 2.66. The number of aryl methyl sites for hydroxylation is 2. The zero-order chi connectivity index (χ0) is 16.0. The molecule has 7 nitrogen and oxygen atoms in total. The van der Waals surface area contributed by atoms with Crippen LogP contribution in [0.3, 0.4) is 0 Å². The standard InChI is InChI=1S/C14H27N5O2/c1-10(2)19(9-13(15)20)14-12(8-16-6-7-21-5)11(3)17-18(14)4/h10,16H,6-9H2,1-5H3,(H2,15,20). The monoisotopic (exact) mass is 297 g/mol. The normalized spacial score (nSPS) is 11.1. The second kappa shape index (κ2) is 7.99. The van der Waals surface area contributed by atoms with Gasteiger partial charge in [-0.3, -0.25) is 9.48 Å². The van der Waals surface area contributed by atoms with Gasteiger partial charge in [0.05, 0.1) is 18.8 Å². The number of ether oxygens (including phenoxy) is 1. The average molecular weight is 297 g/mol. The van der Waals surface area contributed by atoms with Crippen LogP contribution in [-0.2, 0) is 23.1 Å². The summed E-state index contributed by atoms with van der Waals surface area (Å²) < 4.78 is 6.84. The first-order valence-electron chi connectivity index (χ1n) is 7.15. The SMILES string of the molecule is COCCNCc1c(C)nn(C)c1N(CC(N)=O)C(C)C. The highest BCUT2D eigenvalue weighted by Gasteiger charge is 2.22. The van der Waals surface area contributed by atoms with Gasteiger partial charge in [-0.2, -0.15) is 5.10 Å². The molecule has 0 unspecified atom stereocenters. The number of nitrogens with one attached hydrogen (secondary N) is 1. The fourth-order valence-electron chi connectivity index (χ4n) is 2.31. The number of nitrogens with two attached hydrogens (primary N) is 1. The molecule has 0 radical (unpaired) electrons. The molecule has 0 aliphatic carbocycles. The Kier molecular flexibility index (Phi) is 6.64. The van der Waals surface area contributed by atoms with Crippen LogP contribution in [0, 0.1) is 6.92 Å². The predicted octanol–water partition coefficient (Wildman–Crippen LogP) is 0.165. The molecule has 1 amide bonds. The van der Waals surface area contributed by atoms with E-state index in [1.807, 2.05) is 37.4 Å². The molecule has 0 fully saturated rings. The van der Waals surface area contributed by atoms with Gasteiger partial charge in [0.25, 0.3) is 0 Å². The van der Waals surface area contributed by atoms with Crippen LogP contribution in [0.1, 0.15) is 25.1 Å². The molecule has 3 N–H and O–H groups in total. The first kappa shape index (κ1) is 17.5. The van der Waals surface area contributed by atoms with E-state index >= 15 is 0 Å². The van der Waals surface area contributed by atoms with Gasteiger partial charge in [0.1, 0.15) is 5.82 Å². The van der Waals surface area contributed by atoms with Crippen molar-refractivity contribution in [1.82, 2.24) is 15.1 Å². The highest BCUT2D eigenvalue weighted by molar-refractivity contribution is 5.79. The molecule has 120 valence electrons. The quantitative estimate of drug-likeness (QED) is 0.634. The third-order valence-corrected chi connectivity index (χ3v) is 3.32. The minimum Gasteiger partial charge on any atom is -0.383 e. The maximum atomic E-state index is 11.3. The Morgan fingerprint density at radius 1 is 1.52 bits per heavy atom. The Balaban J connectivity index is 2.99. The van der Waals surface area contributed by atoms with Gasteiger partial charge in [-0.1, -0.05) is 0 Å². The van der Waals surface area contributed by atoms with Crippen LogP contribution in [-0.4, -0.2) is 48.5 Å². The minimum absolute atomic E-state index is 0.157. The second-order valence-electron chi connectivity index (χ2n) is 5.37. The molecule has 0 aromatic carbocycles. The van der Waals surface area contributed by atoms with Gasteiger partial charge in [-0.25, -0.2) is 0 Å². The molecule has 1 aromatic rings. The largest absolute Gasteiger partial charge is 0.383 e. The number of aromatic nitrogens is 2. The molecule has 1 heterocycles. The number of hydrogen-bond acceptors (Lipinski definition) is 5.